The van der Waals surface area contributed by atoms with E-state index in [9.17, 15) is 9.59 Å². The molecule has 4 atom stereocenters. The molecule has 1 aliphatic carbocycles. The molecule has 0 aromatic carbocycles. The summed E-state index contributed by atoms with van der Waals surface area (Å²) in [7, 11) is 2.13. The van der Waals surface area contributed by atoms with Gasteiger partial charge in [-0.05, 0) is 65.2 Å². The summed E-state index contributed by atoms with van der Waals surface area (Å²) in [5.74, 6) is 0.490. The number of piperidine rings is 2. The molecule has 3 saturated heterocycles. The number of nitrogens with zero attached hydrogens (tertiary/aromatic N) is 2. The summed E-state index contributed by atoms with van der Waals surface area (Å²) in [5, 5.41) is 6.83. The van der Waals surface area contributed by atoms with Gasteiger partial charge in [-0.3, -0.25) is 14.9 Å². The van der Waals surface area contributed by atoms with E-state index >= 15 is 0 Å². The Bertz CT molecular complexity index is 518. The number of fused-ring (bicyclic) bond motifs is 2. The topological polar surface area (TPSA) is 64.7 Å². The molecule has 0 spiro atoms. The summed E-state index contributed by atoms with van der Waals surface area (Å²) in [6.45, 7) is 2.90. The molecular weight excluding hydrogens is 316 g/mol. The molecule has 3 heterocycles. The predicted molar refractivity (Wildman–Crippen MR) is 95.8 cm³/mol. The quantitative estimate of drug-likeness (QED) is 0.740. The molecule has 6 nitrogen and oxygen atoms in total. The average Bonchev–Trinajstić information content (AvgIpc) is 2.76. The van der Waals surface area contributed by atoms with Gasteiger partial charge in [-0.15, -0.1) is 0 Å². The molecule has 0 aromatic heterocycles. The highest BCUT2D eigenvalue weighted by molar-refractivity contribution is 5.84. The van der Waals surface area contributed by atoms with E-state index in [1.807, 2.05) is 0 Å². The summed E-state index contributed by atoms with van der Waals surface area (Å²) in [6, 6.07) is 0.314. The van der Waals surface area contributed by atoms with Crippen molar-refractivity contribution in [3.05, 3.63) is 0 Å². The molecule has 4 fully saturated rings. The summed E-state index contributed by atoms with van der Waals surface area (Å²) in [6.07, 6.45) is 8.03. The first kappa shape index (κ1) is 17.3. The van der Waals surface area contributed by atoms with E-state index < -0.39 is 0 Å². The van der Waals surface area contributed by atoms with Crippen LogP contribution in [0, 0.1) is 11.8 Å². The van der Waals surface area contributed by atoms with E-state index in [0.717, 1.165) is 71.0 Å². The van der Waals surface area contributed by atoms with Crippen molar-refractivity contribution in [2.75, 3.05) is 26.7 Å². The minimum Gasteiger partial charge on any atom is -0.351 e. The standard InChI is InChI=1S/C19H32N4O2/c1-22-11-8-13(9-12-22)19(25)23-16-7-3-2-6-15(16)21-18(24)14-5-4-10-20-17(14)23/h13-17,20H,2-12H2,1H3,(H,21,24). The van der Waals surface area contributed by atoms with Crippen molar-refractivity contribution in [1.82, 2.24) is 20.4 Å². The summed E-state index contributed by atoms with van der Waals surface area (Å²) in [4.78, 5) is 30.8. The van der Waals surface area contributed by atoms with Crippen LogP contribution in [-0.4, -0.2) is 66.5 Å². The normalized spacial score (nSPS) is 37.6. The van der Waals surface area contributed by atoms with Crippen molar-refractivity contribution in [1.29, 1.82) is 0 Å². The van der Waals surface area contributed by atoms with E-state index in [1.165, 1.54) is 0 Å². The first-order chi connectivity index (χ1) is 12.1. The number of hydrogen-bond acceptors (Lipinski definition) is 4. The van der Waals surface area contributed by atoms with Crippen LogP contribution in [0.1, 0.15) is 51.4 Å². The largest absolute Gasteiger partial charge is 0.351 e. The van der Waals surface area contributed by atoms with E-state index in [-0.39, 0.29) is 36.0 Å². The number of carbonyl (C=O) groups excluding carboxylic acids is 2. The molecule has 0 aromatic rings. The Balaban J connectivity index is 1.62. The lowest BCUT2D eigenvalue weighted by molar-refractivity contribution is -0.146. The Morgan fingerprint density at radius 3 is 2.60 bits per heavy atom. The van der Waals surface area contributed by atoms with Gasteiger partial charge in [-0.25, -0.2) is 0 Å². The van der Waals surface area contributed by atoms with Crippen LogP contribution in [0.5, 0.6) is 0 Å². The maximum atomic E-state index is 13.6. The molecule has 4 rings (SSSR count). The zero-order chi connectivity index (χ0) is 17.4. The third kappa shape index (κ3) is 3.31. The lowest BCUT2D eigenvalue weighted by Crippen LogP contribution is -2.62. The van der Waals surface area contributed by atoms with Crippen LogP contribution >= 0.6 is 0 Å². The number of hydrogen-bond donors (Lipinski definition) is 2. The lowest BCUT2D eigenvalue weighted by atomic mass is 9.86. The highest BCUT2D eigenvalue weighted by Gasteiger charge is 2.48. The predicted octanol–water partition coefficient (Wildman–Crippen LogP) is 0.924. The van der Waals surface area contributed by atoms with Crippen LogP contribution in [0.4, 0.5) is 0 Å². The monoisotopic (exact) mass is 348 g/mol. The summed E-state index contributed by atoms with van der Waals surface area (Å²) >= 11 is 0. The summed E-state index contributed by atoms with van der Waals surface area (Å²) in [5.41, 5.74) is 0. The number of likely N-dealkylation sites (tertiary alicyclic amines) is 1. The van der Waals surface area contributed by atoms with Crippen molar-refractivity contribution in [3.63, 3.8) is 0 Å². The van der Waals surface area contributed by atoms with E-state index in [2.05, 4.69) is 27.5 Å². The third-order valence-electron chi connectivity index (χ3n) is 6.80. The smallest absolute Gasteiger partial charge is 0.227 e. The molecule has 3 aliphatic heterocycles. The minimum atomic E-state index is -0.103. The first-order valence-electron chi connectivity index (χ1n) is 10.2. The molecular formula is C19H32N4O2. The molecule has 0 bridgehead atoms. The molecule has 2 N–H and O–H groups in total. The molecule has 1 saturated carbocycles. The maximum absolute atomic E-state index is 13.6. The number of rotatable bonds is 1. The number of amides is 2. The summed E-state index contributed by atoms with van der Waals surface area (Å²) < 4.78 is 0. The molecule has 4 aliphatic rings. The van der Waals surface area contributed by atoms with Crippen molar-refractivity contribution in [2.45, 2.75) is 69.6 Å². The molecule has 6 heteroatoms. The van der Waals surface area contributed by atoms with Gasteiger partial charge >= 0.3 is 0 Å². The molecule has 0 radical (unpaired) electrons. The maximum Gasteiger partial charge on any atom is 0.227 e. The van der Waals surface area contributed by atoms with Gasteiger partial charge in [0.05, 0.1) is 18.1 Å². The fourth-order valence-corrected chi connectivity index (χ4v) is 5.31. The van der Waals surface area contributed by atoms with Gasteiger partial charge in [0, 0.05) is 12.0 Å². The second-order valence-corrected chi connectivity index (χ2v) is 8.44. The van der Waals surface area contributed by atoms with E-state index in [0.29, 0.717) is 5.91 Å². The number of nitrogens with one attached hydrogen (secondary N) is 2. The van der Waals surface area contributed by atoms with Gasteiger partial charge in [0.15, 0.2) is 0 Å². The van der Waals surface area contributed by atoms with Gasteiger partial charge in [0.25, 0.3) is 0 Å². The van der Waals surface area contributed by atoms with Gasteiger partial charge in [-0.2, -0.15) is 0 Å². The van der Waals surface area contributed by atoms with Gasteiger partial charge < -0.3 is 15.1 Å². The Labute approximate surface area is 150 Å². The van der Waals surface area contributed by atoms with Gasteiger partial charge in [0.1, 0.15) is 0 Å². The minimum absolute atomic E-state index is 0.0884. The highest BCUT2D eigenvalue weighted by Crippen LogP contribution is 2.34. The van der Waals surface area contributed by atoms with Crippen LogP contribution in [0.3, 0.4) is 0 Å². The SMILES string of the molecule is CN1CCC(C(=O)N2C3CCCCC3NC(=O)C3CCCNC32)CC1. The third-order valence-corrected chi connectivity index (χ3v) is 6.80. The van der Waals surface area contributed by atoms with Crippen molar-refractivity contribution in [2.24, 2.45) is 11.8 Å². The van der Waals surface area contributed by atoms with Crippen LogP contribution in [0.25, 0.3) is 0 Å². The average molecular weight is 348 g/mol. The fourth-order valence-electron chi connectivity index (χ4n) is 5.31. The Morgan fingerprint density at radius 2 is 1.80 bits per heavy atom. The van der Waals surface area contributed by atoms with E-state index in [1.54, 1.807) is 0 Å². The van der Waals surface area contributed by atoms with Crippen LogP contribution in [-0.2, 0) is 9.59 Å². The van der Waals surface area contributed by atoms with Crippen LogP contribution in [0.2, 0.25) is 0 Å². The second-order valence-electron chi connectivity index (χ2n) is 8.44. The fraction of sp³-hybridized carbons (Fsp3) is 0.895. The highest BCUT2D eigenvalue weighted by atomic mass is 16.2. The van der Waals surface area contributed by atoms with Crippen LogP contribution < -0.4 is 10.6 Å². The Morgan fingerprint density at radius 1 is 1.04 bits per heavy atom. The van der Waals surface area contributed by atoms with Crippen molar-refractivity contribution >= 4 is 11.8 Å². The van der Waals surface area contributed by atoms with Crippen LogP contribution in [0.15, 0.2) is 0 Å². The molecule has 25 heavy (non-hydrogen) atoms. The zero-order valence-electron chi connectivity index (χ0n) is 15.4. The van der Waals surface area contributed by atoms with E-state index in [4.69, 9.17) is 0 Å². The number of carbonyl (C=O) groups is 2. The Hall–Kier alpha value is -1.14. The second kappa shape index (κ2) is 7.23. The van der Waals surface area contributed by atoms with Gasteiger partial charge in [-0.1, -0.05) is 12.8 Å². The Kier molecular flexibility index (Phi) is 5.00. The van der Waals surface area contributed by atoms with Crippen molar-refractivity contribution < 1.29 is 9.59 Å². The molecule has 2 amide bonds. The van der Waals surface area contributed by atoms with Crippen molar-refractivity contribution in [3.8, 4) is 0 Å². The first-order valence-corrected chi connectivity index (χ1v) is 10.2. The van der Waals surface area contributed by atoms with Gasteiger partial charge in [0.2, 0.25) is 11.8 Å². The lowest BCUT2D eigenvalue weighted by Gasteiger charge is -2.46. The zero-order valence-corrected chi connectivity index (χ0v) is 15.4. The molecule has 4 unspecified atom stereocenters. The molecule has 140 valence electrons.